The van der Waals surface area contributed by atoms with Crippen LogP contribution in [-0.4, -0.2) is 14.5 Å². The summed E-state index contributed by atoms with van der Waals surface area (Å²) in [6.45, 7) is 4.04. The quantitative estimate of drug-likeness (QED) is 0.714. The fourth-order valence-electron chi connectivity index (χ4n) is 1.48. The summed E-state index contributed by atoms with van der Waals surface area (Å²) in [5, 5.41) is 9.08. The highest BCUT2D eigenvalue weighted by Crippen LogP contribution is 2.14. The van der Waals surface area contributed by atoms with Crippen LogP contribution in [0.1, 0.15) is 17.0 Å². The van der Waals surface area contributed by atoms with E-state index in [1.165, 1.54) is 0 Å². The molecule has 0 aliphatic rings. The summed E-state index contributed by atoms with van der Waals surface area (Å²) in [5.41, 5.74) is 3.88. The number of aliphatic hydroxyl groups excluding tert-OH is 1. The van der Waals surface area contributed by atoms with Crippen molar-refractivity contribution in [3.8, 4) is 0 Å². The number of aryl methyl sites for hydroxylation is 2. The average molecular weight is 176 g/mol. The highest BCUT2D eigenvalue weighted by Gasteiger charge is 2.06. The molecule has 0 saturated heterocycles. The number of fused-ring (bicyclic) bond motifs is 1. The second-order valence-corrected chi connectivity index (χ2v) is 3.17. The summed E-state index contributed by atoms with van der Waals surface area (Å²) in [6, 6.07) is 3.81. The van der Waals surface area contributed by atoms with Gasteiger partial charge in [0.1, 0.15) is 5.65 Å². The van der Waals surface area contributed by atoms with Gasteiger partial charge < -0.3 is 9.51 Å². The molecule has 0 saturated carbocycles. The number of rotatable bonds is 1. The molecule has 0 aromatic carbocycles. The maximum Gasteiger partial charge on any atom is 0.142 e. The largest absolute Gasteiger partial charge is 0.392 e. The Hall–Kier alpha value is -1.35. The van der Waals surface area contributed by atoms with Gasteiger partial charge in [0.05, 0.1) is 12.3 Å². The van der Waals surface area contributed by atoms with E-state index in [1.807, 2.05) is 36.6 Å². The lowest BCUT2D eigenvalue weighted by Crippen LogP contribution is -1.92. The first-order chi connectivity index (χ1) is 6.24. The molecule has 0 atom stereocenters. The molecule has 3 nitrogen and oxygen atoms in total. The van der Waals surface area contributed by atoms with Crippen molar-refractivity contribution >= 4 is 5.65 Å². The number of hydrogen-bond donors (Lipinski definition) is 1. The third-order valence-electron chi connectivity index (χ3n) is 2.38. The lowest BCUT2D eigenvalue weighted by atomic mass is 10.3. The summed E-state index contributed by atoms with van der Waals surface area (Å²) < 4.78 is 2.00. The highest BCUT2D eigenvalue weighted by molar-refractivity contribution is 5.50. The maximum absolute atomic E-state index is 9.08. The highest BCUT2D eigenvalue weighted by atomic mass is 16.3. The lowest BCUT2D eigenvalue weighted by Gasteiger charge is -1.99. The van der Waals surface area contributed by atoms with E-state index >= 15 is 0 Å². The van der Waals surface area contributed by atoms with Gasteiger partial charge in [-0.25, -0.2) is 4.98 Å². The van der Waals surface area contributed by atoms with Crippen LogP contribution in [0.2, 0.25) is 0 Å². The third-order valence-corrected chi connectivity index (χ3v) is 2.38. The normalized spacial score (nSPS) is 11.0. The van der Waals surface area contributed by atoms with Crippen LogP contribution in [-0.2, 0) is 6.61 Å². The van der Waals surface area contributed by atoms with Crippen molar-refractivity contribution < 1.29 is 5.11 Å². The molecule has 2 aromatic rings. The van der Waals surface area contributed by atoms with Crippen molar-refractivity contribution in [3.63, 3.8) is 0 Å². The topological polar surface area (TPSA) is 37.5 Å². The Bertz CT molecular complexity index is 445. The third kappa shape index (κ3) is 1.12. The molecule has 0 radical (unpaired) electrons. The molecule has 1 N–H and O–H groups in total. The van der Waals surface area contributed by atoms with Crippen molar-refractivity contribution in [3.05, 3.63) is 35.3 Å². The van der Waals surface area contributed by atoms with Crippen LogP contribution in [0.5, 0.6) is 0 Å². The minimum atomic E-state index is 0.0419. The van der Waals surface area contributed by atoms with E-state index < -0.39 is 0 Å². The zero-order chi connectivity index (χ0) is 9.42. The van der Waals surface area contributed by atoms with Gasteiger partial charge in [-0.2, -0.15) is 0 Å². The summed E-state index contributed by atoms with van der Waals surface area (Å²) in [4.78, 5) is 4.39. The van der Waals surface area contributed by atoms with Crippen LogP contribution >= 0.6 is 0 Å². The number of aliphatic hydroxyl groups is 1. The Balaban J connectivity index is 2.84. The van der Waals surface area contributed by atoms with Gasteiger partial charge in [-0.1, -0.05) is 6.07 Å². The zero-order valence-corrected chi connectivity index (χ0v) is 7.78. The van der Waals surface area contributed by atoms with E-state index in [0.29, 0.717) is 0 Å². The molecule has 0 amide bonds. The van der Waals surface area contributed by atoms with Crippen LogP contribution in [0.3, 0.4) is 0 Å². The van der Waals surface area contributed by atoms with Gasteiger partial charge in [-0.3, -0.25) is 0 Å². The van der Waals surface area contributed by atoms with E-state index in [9.17, 15) is 0 Å². The summed E-state index contributed by atoms with van der Waals surface area (Å²) in [7, 11) is 0. The van der Waals surface area contributed by atoms with Crippen LogP contribution in [0.4, 0.5) is 0 Å². The molecule has 2 aromatic heterocycles. The minimum Gasteiger partial charge on any atom is -0.392 e. The molecule has 2 heterocycles. The predicted octanol–water partition coefficient (Wildman–Crippen LogP) is 1.44. The van der Waals surface area contributed by atoms with E-state index in [4.69, 9.17) is 5.11 Å². The molecule has 0 spiro atoms. The van der Waals surface area contributed by atoms with Crippen molar-refractivity contribution in [2.45, 2.75) is 20.5 Å². The maximum atomic E-state index is 9.08. The summed E-state index contributed by atoms with van der Waals surface area (Å²) in [5.74, 6) is 0. The van der Waals surface area contributed by atoms with Gasteiger partial charge in [-0.15, -0.1) is 0 Å². The van der Waals surface area contributed by atoms with Crippen LogP contribution in [0, 0.1) is 13.8 Å². The zero-order valence-electron chi connectivity index (χ0n) is 7.78. The summed E-state index contributed by atoms with van der Waals surface area (Å²) >= 11 is 0. The standard InChI is InChI=1S/C10H12N2O/c1-7-8(2)12-5-3-4-9(6-13)10(12)11-7/h3-5,13H,6H2,1-2H3. The van der Waals surface area contributed by atoms with Crippen molar-refractivity contribution in [2.75, 3.05) is 0 Å². The number of imidazole rings is 1. The van der Waals surface area contributed by atoms with Gasteiger partial charge in [0.15, 0.2) is 0 Å². The molecule has 68 valence electrons. The Kier molecular flexibility index (Phi) is 1.81. The summed E-state index contributed by atoms with van der Waals surface area (Å²) in [6.07, 6.45) is 1.96. The van der Waals surface area contributed by atoms with Crippen molar-refractivity contribution in [1.82, 2.24) is 9.38 Å². The van der Waals surface area contributed by atoms with Crippen molar-refractivity contribution in [1.29, 1.82) is 0 Å². The molecule has 2 rings (SSSR count). The minimum absolute atomic E-state index is 0.0419. The molecular weight excluding hydrogens is 164 g/mol. The van der Waals surface area contributed by atoms with E-state index in [1.54, 1.807) is 0 Å². The number of pyridine rings is 1. The molecule has 0 aliphatic heterocycles. The number of hydrogen-bond acceptors (Lipinski definition) is 2. The molecule has 0 aliphatic carbocycles. The molecule has 0 fully saturated rings. The van der Waals surface area contributed by atoms with Gasteiger partial charge >= 0.3 is 0 Å². The Morgan fingerprint density at radius 2 is 2.23 bits per heavy atom. The Labute approximate surface area is 76.7 Å². The molecule has 0 bridgehead atoms. The van der Waals surface area contributed by atoms with Crippen molar-refractivity contribution in [2.24, 2.45) is 0 Å². The van der Waals surface area contributed by atoms with E-state index in [2.05, 4.69) is 4.98 Å². The Morgan fingerprint density at radius 1 is 1.46 bits per heavy atom. The SMILES string of the molecule is Cc1nc2c(CO)cccn2c1C. The second-order valence-electron chi connectivity index (χ2n) is 3.17. The second kappa shape index (κ2) is 2.85. The smallest absolute Gasteiger partial charge is 0.142 e. The molecule has 13 heavy (non-hydrogen) atoms. The van der Waals surface area contributed by atoms with Crippen LogP contribution in [0.25, 0.3) is 5.65 Å². The number of nitrogens with zero attached hydrogens (tertiary/aromatic N) is 2. The monoisotopic (exact) mass is 176 g/mol. The first kappa shape index (κ1) is 8.26. The predicted molar refractivity (Wildman–Crippen MR) is 50.6 cm³/mol. The molecular formula is C10H12N2O. The van der Waals surface area contributed by atoms with Crippen LogP contribution < -0.4 is 0 Å². The lowest BCUT2D eigenvalue weighted by molar-refractivity contribution is 0.282. The first-order valence-corrected chi connectivity index (χ1v) is 4.28. The first-order valence-electron chi connectivity index (χ1n) is 4.28. The molecule has 0 unspecified atom stereocenters. The molecule has 3 heteroatoms. The average Bonchev–Trinajstić information content (AvgIpc) is 2.43. The van der Waals surface area contributed by atoms with Gasteiger partial charge in [0.25, 0.3) is 0 Å². The van der Waals surface area contributed by atoms with Gasteiger partial charge in [-0.05, 0) is 19.9 Å². The van der Waals surface area contributed by atoms with Crippen LogP contribution in [0.15, 0.2) is 18.3 Å². The van der Waals surface area contributed by atoms with E-state index in [0.717, 1.165) is 22.6 Å². The Morgan fingerprint density at radius 3 is 2.92 bits per heavy atom. The fourth-order valence-corrected chi connectivity index (χ4v) is 1.48. The van der Waals surface area contributed by atoms with Gasteiger partial charge in [0, 0.05) is 17.5 Å². The van der Waals surface area contributed by atoms with Gasteiger partial charge in [0.2, 0.25) is 0 Å². The van der Waals surface area contributed by atoms with E-state index in [-0.39, 0.29) is 6.61 Å². The fraction of sp³-hybridized carbons (Fsp3) is 0.300. The number of aromatic nitrogens is 2.